The van der Waals surface area contributed by atoms with Gasteiger partial charge in [-0.15, -0.1) is 0 Å². The second kappa shape index (κ2) is 11.5. The molecule has 1 aliphatic heterocycles. The van der Waals surface area contributed by atoms with Crippen LogP contribution in [0.3, 0.4) is 0 Å². The largest absolute Gasteiger partial charge is 0.303 e. The molecule has 2 aliphatic carbocycles. The van der Waals surface area contributed by atoms with Crippen LogP contribution in [0.1, 0.15) is 86.0 Å². The number of nitrogens with zero attached hydrogens (tertiary/aromatic N) is 2. The van der Waals surface area contributed by atoms with Crippen molar-refractivity contribution < 1.29 is 0 Å². The normalized spacial score (nSPS) is 29.3. The lowest BCUT2D eigenvalue weighted by Crippen LogP contribution is -2.45. The van der Waals surface area contributed by atoms with Crippen molar-refractivity contribution in [3.8, 4) is 0 Å². The van der Waals surface area contributed by atoms with Crippen LogP contribution in [0, 0.1) is 11.8 Å². The molecule has 138 valence electrons. The summed E-state index contributed by atoms with van der Waals surface area (Å²) in [4.78, 5) is 5.44. The average Bonchev–Trinajstić information content (AvgIpc) is 3.46. The van der Waals surface area contributed by atoms with Crippen molar-refractivity contribution >= 4 is 0 Å². The Balaban J connectivity index is 0.000000615. The van der Waals surface area contributed by atoms with Gasteiger partial charge in [-0.1, -0.05) is 47.5 Å². The van der Waals surface area contributed by atoms with Gasteiger partial charge in [0.1, 0.15) is 0 Å². The van der Waals surface area contributed by atoms with Gasteiger partial charge in [-0.2, -0.15) is 0 Å². The van der Waals surface area contributed by atoms with Gasteiger partial charge in [0, 0.05) is 18.6 Å². The molecule has 2 nitrogen and oxygen atoms in total. The van der Waals surface area contributed by atoms with Crippen LogP contribution in [0.4, 0.5) is 0 Å². The van der Waals surface area contributed by atoms with Gasteiger partial charge in [-0.3, -0.25) is 0 Å². The van der Waals surface area contributed by atoms with E-state index < -0.39 is 0 Å². The van der Waals surface area contributed by atoms with E-state index in [1.54, 1.807) is 0 Å². The van der Waals surface area contributed by atoms with E-state index in [1.165, 1.54) is 71.0 Å². The molecule has 0 atom stereocenters. The lowest BCUT2D eigenvalue weighted by molar-refractivity contribution is 0.102. The average molecular weight is 325 g/mol. The molecule has 0 bridgehead atoms. The van der Waals surface area contributed by atoms with Crippen molar-refractivity contribution in [2.24, 2.45) is 11.8 Å². The summed E-state index contributed by atoms with van der Waals surface area (Å²) in [6.45, 7) is 14.5. The van der Waals surface area contributed by atoms with Crippen LogP contribution in [0.15, 0.2) is 0 Å². The summed E-state index contributed by atoms with van der Waals surface area (Å²) in [6, 6.07) is 1.83. The summed E-state index contributed by atoms with van der Waals surface area (Å²) >= 11 is 0. The van der Waals surface area contributed by atoms with Gasteiger partial charge in [0.05, 0.1) is 0 Å². The van der Waals surface area contributed by atoms with Gasteiger partial charge in [-0.05, 0) is 70.5 Å². The molecule has 0 spiro atoms. The minimum Gasteiger partial charge on any atom is -0.303 e. The van der Waals surface area contributed by atoms with Crippen LogP contribution in [0.25, 0.3) is 0 Å². The fourth-order valence-corrected chi connectivity index (χ4v) is 4.17. The Morgan fingerprint density at radius 1 is 0.739 bits per heavy atom. The lowest BCUT2D eigenvalue weighted by atomic mass is 9.82. The summed E-state index contributed by atoms with van der Waals surface area (Å²) in [7, 11) is 2.36. The molecule has 0 N–H and O–H groups in total. The maximum Gasteiger partial charge on any atom is 0.0119 e. The second-order valence-electron chi connectivity index (χ2n) is 7.55. The SMILES string of the molecule is CC.CC.CC1CCC(CN2CCC(N(C)C3CC3)CC2)CC1. The molecule has 0 amide bonds. The van der Waals surface area contributed by atoms with E-state index in [-0.39, 0.29) is 0 Å². The van der Waals surface area contributed by atoms with Gasteiger partial charge >= 0.3 is 0 Å². The van der Waals surface area contributed by atoms with Gasteiger partial charge in [0.25, 0.3) is 0 Å². The van der Waals surface area contributed by atoms with E-state index in [0.29, 0.717) is 0 Å². The quantitative estimate of drug-likeness (QED) is 0.681. The summed E-state index contributed by atoms with van der Waals surface area (Å²) in [5, 5.41) is 0. The molecule has 0 aromatic rings. The summed E-state index contributed by atoms with van der Waals surface area (Å²) in [5.74, 6) is 2.00. The standard InChI is InChI=1S/C17H32N2.2C2H6/c1-14-3-5-15(6-4-14)13-19-11-9-17(10-12-19)18(2)16-7-8-16;2*1-2/h14-17H,3-13H2,1-2H3;2*1-2H3. The molecule has 0 aromatic heterocycles. The van der Waals surface area contributed by atoms with Crippen molar-refractivity contribution in [3.63, 3.8) is 0 Å². The zero-order valence-corrected chi connectivity index (χ0v) is 17.0. The van der Waals surface area contributed by atoms with Gasteiger partial charge in [-0.25, -0.2) is 0 Å². The fourth-order valence-electron chi connectivity index (χ4n) is 4.17. The Labute approximate surface area is 147 Å². The predicted molar refractivity (Wildman–Crippen MR) is 104 cm³/mol. The third kappa shape index (κ3) is 7.13. The van der Waals surface area contributed by atoms with E-state index in [0.717, 1.165) is 23.9 Å². The van der Waals surface area contributed by atoms with Crippen LogP contribution in [-0.2, 0) is 0 Å². The molecule has 1 heterocycles. The Bertz CT molecular complexity index is 272. The highest BCUT2D eigenvalue weighted by Crippen LogP contribution is 2.32. The van der Waals surface area contributed by atoms with E-state index in [1.807, 2.05) is 27.7 Å². The first-order chi connectivity index (χ1) is 11.2. The van der Waals surface area contributed by atoms with Crippen LogP contribution >= 0.6 is 0 Å². The molecule has 0 radical (unpaired) electrons. The summed E-state index contributed by atoms with van der Waals surface area (Å²) in [6.07, 6.45) is 11.7. The molecule has 0 unspecified atom stereocenters. The van der Waals surface area contributed by atoms with Crippen molar-refractivity contribution in [2.75, 3.05) is 26.7 Å². The predicted octanol–water partition coefficient (Wildman–Crippen LogP) is 5.42. The van der Waals surface area contributed by atoms with Gasteiger partial charge < -0.3 is 9.80 Å². The van der Waals surface area contributed by atoms with Crippen LogP contribution < -0.4 is 0 Å². The topological polar surface area (TPSA) is 6.48 Å². The number of rotatable bonds is 4. The molecule has 3 aliphatic rings. The zero-order valence-electron chi connectivity index (χ0n) is 17.0. The Kier molecular flexibility index (Phi) is 10.5. The zero-order chi connectivity index (χ0) is 17.2. The number of piperidine rings is 1. The Morgan fingerprint density at radius 2 is 1.22 bits per heavy atom. The van der Waals surface area contributed by atoms with E-state index >= 15 is 0 Å². The van der Waals surface area contributed by atoms with E-state index in [4.69, 9.17) is 0 Å². The van der Waals surface area contributed by atoms with Crippen LogP contribution in [-0.4, -0.2) is 48.6 Å². The van der Waals surface area contributed by atoms with Crippen molar-refractivity contribution in [3.05, 3.63) is 0 Å². The highest BCUT2D eigenvalue weighted by Gasteiger charge is 2.33. The first kappa shape index (κ1) is 21.0. The van der Waals surface area contributed by atoms with E-state index in [9.17, 15) is 0 Å². The van der Waals surface area contributed by atoms with E-state index in [2.05, 4.69) is 23.8 Å². The smallest absolute Gasteiger partial charge is 0.0119 e. The lowest BCUT2D eigenvalue weighted by Gasteiger charge is -2.39. The molecule has 0 aromatic carbocycles. The van der Waals surface area contributed by atoms with Gasteiger partial charge in [0.15, 0.2) is 0 Å². The Hall–Kier alpha value is -0.0800. The molecule has 2 saturated carbocycles. The first-order valence-electron chi connectivity index (χ1n) is 10.7. The summed E-state index contributed by atoms with van der Waals surface area (Å²) < 4.78 is 0. The minimum absolute atomic E-state index is 0.884. The highest BCUT2D eigenvalue weighted by molar-refractivity contribution is 4.89. The van der Waals surface area contributed by atoms with Crippen LogP contribution in [0.5, 0.6) is 0 Å². The number of hydrogen-bond donors (Lipinski definition) is 0. The molecular weight excluding hydrogens is 280 g/mol. The highest BCUT2D eigenvalue weighted by atomic mass is 15.2. The minimum atomic E-state index is 0.884. The maximum atomic E-state index is 2.76. The number of hydrogen-bond acceptors (Lipinski definition) is 2. The van der Waals surface area contributed by atoms with Crippen molar-refractivity contribution in [1.29, 1.82) is 0 Å². The van der Waals surface area contributed by atoms with Gasteiger partial charge in [0.2, 0.25) is 0 Å². The number of likely N-dealkylation sites (tertiary alicyclic amines) is 1. The Morgan fingerprint density at radius 3 is 1.70 bits per heavy atom. The molecular formula is C21H44N2. The molecule has 23 heavy (non-hydrogen) atoms. The second-order valence-corrected chi connectivity index (χ2v) is 7.55. The molecule has 1 saturated heterocycles. The van der Waals surface area contributed by atoms with Crippen molar-refractivity contribution in [2.45, 2.75) is 98.1 Å². The molecule has 3 fully saturated rings. The molecule has 2 heteroatoms. The molecule has 3 rings (SSSR count). The summed E-state index contributed by atoms with van der Waals surface area (Å²) in [5.41, 5.74) is 0. The third-order valence-electron chi connectivity index (χ3n) is 5.91. The van der Waals surface area contributed by atoms with Crippen LogP contribution in [0.2, 0.25) is 0 Å². The monoisotopic (exact) mass is 324 g/mol. The first-order valence-corrected chi connectivity index (χ1v) is 10.7. The van der Waals surface area contributed by atoms with Crippen molar-refractivity contribution in [1.82, 2.24) is 9.80 Å². The fraction of sp³-hybridized carbons (Fsp3) is 1.00. The third-order valence-corrected chi connectivity index (χ3v) is 5.91. The maximum absolute atomic E-state index is 2.76.